The summed E-state index contributed by atoms with van der Waals surface area (Å²) in [5.74, 6) is -0.683. The predicted molar refractivity (Wildman–Crippen MR) is 67.4 cm³/mol. The van der Waals surface area contributed by atoms with Crippen molar-refractivity contribution < 1.29 is 8.78 Å². The van der Waals surface area contributed by atoms with E-state index in [1.165, 1.54) is 12.1 Å². The van der Waals surface area contributed by atoms with Gasteiger partial charge in [-0.05, 0) is 37.6 Å². The summed E-state index contributed by atoms with van der Waals surface area (Å²) >= 11 is 0. The Bertz CT molecular complexity index is 518. The van der Waals surface area contributed by atoms with E-state index in [0.29, 0.717) is 11.4 Å². The van der Waals surface area contributed by atoms with Crippen molar-refractivity contribution in [2.45, 2.75) is 19.9 Å². The molecule has 2 rings (SSSR count). The Kier molecular flexibility index (Phi) is 3.55. The number of para-hydroxylation sites is 1. The molecule has 4 heteroatoms. The summed E-state index contributed by atoms with van der Waals surface area (Å²) in [6.45, 7) is 3.68. The zero-order valence-corrected chi connectivity index (χ0v) is 10.2. The van der Waals surface area contributed by atoms with Gasteiger partial charge in [-0.3, -0.25) is 4.98 Å². The van der Waals surface area contributed by atoms with Gasteiger partial charge in [0.1, 0.15) is 11.6 Å². The molecular weight excluding hydrogens is 234 g/mol. The lowest BCUT2D eigenvalue weighted by Gasteiger charge is -2.17. The maximum Gasteiger partial charge on any atom is 0.146 e. The maximum absolute atomic E-state index is 13.6. The van der Waals surface area contributed by atoms with Crippen LogP contribution in [-0.2, 0) is 0 Å². The van der Waals surface area contributed by atoms with E-state index in [0.717, 1.165) is 11.8 Å². The van der Waals surface area contributed by atoms with E-state index in [9.17, 15) is 8.78 Å². The molecule has 94 valence electrons. The second kappa shape index (κ2) is 5.12. The highest BCUT2D eigenvalue weighted by molar-refractivity contribution is 5.52. The van der Waals surface area contributed by atoms with Crippen LogP contribution in [-0.4, -0.2) is 4.98 Å². The van der Waals surface area contributed by atoms with Gasteiger partial charge in [0.15, 0.2) is 0 Å². The number of hydrogen-bond acceptors (Lipinski definition) is 2. The Morgan fingerprint density at radius 3 is 2.56 bits per heavy atom. The Balaban J connectivity index is 2.21. The van der Waals surface area contributed by atoms with E-state index in [2.05, 4.69) is 10.3 Å². The second-order valence-electron chi connectivity index (χ2n) is 4.20. The number of aromatic nitrogens is 1. The van der Waals surface area contributed by atoms with Gasteiger partial charge in [0.2, 0.25) is 0 Å². The molecule has 1 atom stereocenters. The smallest absolute Gasteiger partial charge is 0.146 e. The van der Waals surface area contributed by atoms with Crippen LogP contribution >= 0.6 is 0 Å². The van der Waals surface area contributed by atoms with Crippen molar-refractivity contribution in [3.05, 3.63) is 59.4 Å². The van der Waals surface area contributed by atoms with Crippen molar-refractivity contribution in [2.75, 3.05) is 5.32 Å². The van der Waals surface area contributed by atoms with Crippen LogP contribution in [0.15, 0.2) is 36.5 Å². The molecule has 0 bridgehead atoms. The molecule has 1 heterocycles. The molecule has 1 aromatic carbocycles. The third-order valence-corrected chi connectivity index (χ3v) is 2.78. The number of nitrogens with one attached hydrogen (secondary N) is 1. The minimum Gasteiger partial charge on any atom is -0.374 e. The van der Waals surface area contributed by atoms with Gasteiger partial charge in [-0.25, -0.2) is 8.78 Å². The molecule has 1 N–H and O–H groups in total. The molecule has 1 aromatic heterocycles. The first-order valence-corrected chi connectivity index (χ1v) is 5.71. The molecule has 2 nitrogen and oxygen atoms in total. The quantitative estimate of drug-likeness (QED) is 0.892. The summed E-state index contributed by atoms with van der Waals surface area (Å²) in [6, 6.07) is 7.63. The van der Waals surface area contributed by atoms with Crippen LogP contribution in [0.1, 0.15) is 24.2 Å². The van der Waals surface area contributed by atoms with Gasteiger partial charge in [-0.15, -0.1) is 0 Å². The standard InChI is InChI=1S/C14H14F2N2/c1-9-4-3-5-12(16)14(9)18-10(2)13-7-6-11(15)8-17-13/h3-8,10,18H,1-2H3. The van der Waals surface area contributed by atoms with Crippen LogP contribution in [0.5, 0.6) is 0 Å². The average molecular weight is 248 g/mol. The Morgan fingerprint density at radius 1 is 1.17 bits per heavy atom. The van der Waals surface area contributed by atoms with Crippen LogP contribution in [0.4, 0.5) is 14.5 Å². The van der Waals surface area contributed by atoms with Gasteiger partial charge in [-0.2, -0.15) is 0 Å². The lowest BCUT2D eigenvalue weighted by atomic mass is 10.1. The summed E-state index contributed by atoms with van der Waals surface area (Å²) in [5.41, 5.74) is 1.94. The van der Waals surface area contributed by atoms with Gasteiger partial charge in [-0.1, -0.05) is 12.1 Å². The van der Waals surface area contributed by atoms with Gasteiger partial charge in [0, 0.05) is 0 Å². The van der Waals surface area contributed by atoms with Crippen molar-refractivity contribution in [1.82, 2.24) is 4.98 Å². The van der Waals surface area contributed by atoms with Crippen LogP contribution in [0.25, 0.3) is 0 Å². The molecule has 0 aliphatic carbocycles. The number of hydrogen-bond donors (Lipinski definition) is 1. The largest absolute Gasteiger partial charge is 0.374 e. The van der Waals surface area contributed by atoms with Gasteiger partial charge in [0.25, 0.3) is 0 Å². The van der Waals surface area contributed by atoms with Crippen molar-refractivity contribution in [1.29, 1.82) is 0 Å². The number of benzene rings is 1. The minimum absolute atomic E-state index is 0.193. The van der Waals surface area contributed by atoms with E-state index < -0.39 is 0 Å². The number of halogens is 2. The average Bonchev–Trinajstić information content (AvgIpc) is 2.34. The molecule has 0 saturated heterocycles. The monoisotopic (exact) mass is 248 g/mol. The summed E-state index contributed by atoms with van der Waals surface area (Å²) in [7, 11) is 0. The zero-order chi connectivity index (χ0) is 13.1. The normalized spacial score (nSPS) is 12.2. The molecule has 0 amide bonds. The van der Waals surface area contributed by atoms with E-state index in [4.69, 9.17) is 0 Å². The van der Waals surface area contributed by atoms with Crippen LogP contribution in [0.3, 0.4) is 0 Å². The summed E-state index contributed by atoms with van der Waals surface area (Å²) in [6.07, 6.45) is 1.15. The maximum atomic E-state index is 13.6. The number of aryl methyl sites for hydroxylation is 1. The van der Waals surface area contributed by atoms with Crippen LogP contribution in [0.2, 0.25) is 0 Å². The zero-order valence-electron chi connectivity index (χ0n) is 10.2. The fraction of sp³-hybridized carbons (Fsp3) is 0.214. The molecule has 0 spiro atoms. The van der Waals surface area contributed by atoms with E-state index in [1.54, 1.807) is 12.1 Å². The molecule has 1 unspecified atom stereocenters. The fourth-order valence-corrected chi connectivity index (χ4v) is 1.75. The molecular formula is C14H14F2N2. The first-order valence-electron chi connectivity index (χ1n) is 5.71. The predicted octanol–water partition coefficient (Wildman–Crippen LogP) is 3.84. The highest BCUT2D eigenvalue weighted by Crippen LogP contribution is 2.23. The summed E-state index contributed by atoms with van der Waals surface area (Å²) < 4.78 is 26.4. The third-order valence-electron chi connectivity index (χ3n) is 2.78. The van der Waals surface area contributed by atoms with Crippen molar-refractivity contribution in [2.24, 2.45) is 0 Å². The summed E-state index contributed by atoms with van der Waals surface area (Å²) in [4.78, 5) is 3.97. The fourth-order valence-electron chi connectivity index (χ4n) is 1.75. The third kappa shape index (κ3) is 2.64. The molecule has 0 saturated carbocycles. The lowest BCUT2D eigenvalue weighted by Crippen LogP contribution is -2.10. The Morgan fingerprint density at radius 2 is 1.94 bits per heavy atom. The SMILES string of the molecule is Cc1cccc(F)c1NC(C)c1ccc(F)cn1. The van der Waals surface area contributed by atoms with E-state index >= 15 is 0 Å². The Labute approximate surface area is 105 Å². The minimum atomic E-state index is -0.381. The number of anilines is 1. The lowest BCUT2D eigenvalue weighted by molar-refractivity contribution is 0.615. The Hall–Kier alpha value is -1.97. The topological polar surface area (TPSA) is 24.9 Å². The highest BCUT2D eigenvalue weighted by Gasteiger charge is 2.11. The van der Waals surface area contributed by atoms with Crippen LogP contribution in [0, 0.1) is 18.6 Å². The van der Waals surface area contributed by atoms with Gasteiger partial charge < -0.3 is 5.32 Å². The van der Waals surface area contributed by atoms with Crippen molar-refractivity contribution in [3.63, 3.8) is 0 Å². The van der Waals surface area contributed by atoms with E-state index in [1.807, 2.05) is 19.9 Å². The number of nitrogens with zero attached hydrogens (tertiary/aromatic N) is 1. The molecule has 0 radical (unpaired) electrons. The first kappa shape index (κ1) is 12.5. The van der Waals surface area contributed by atoms with Crippen molar-refractivity contribution in [3.8, 4) is 0 Å². The molecule has 0 fully saturated rings. The first-order chi connectivity index (χ1) is 8.58. The van der Waals surface area contributed by atoms with Crippen LogP contribution < -0.4 is 5.32 Å². The van der Waals surface area contributed by atoms with Gasteiger partial charge >= 0.3 is 0 Å². The molecule has 2 aromatic rings. The molecule has 18 heavy (non-hydrogen) atoms. The molecule has 0 aliphatic heterocycles. The highest BCUT2D eigenvalue weighted by atomic mass is 19.1. The van der Waals surface area contributed by atoms with E-state index in [-0.39, 0.29) is 17.7 Å². The van der Waals surface area contributed by atoms with Crippen molar-refractivity contribution >= 4 is 5.69 Å². The molecule has 0 aliphatic rings. The second-order valence-corrected chi connectivity index (χ2v) is 4.20. The van der Waals surface area contributed by atoms with Gasteiger partial charge in [0.05, 0.1) is 23.6 Å². The summed E-state index contributed by atoms with van der Waals surface area (Å²) in [5, 5.41) is 3.05. The number of rotatable bonds is 3. The number of pyridine rings is 1.